The summed E-state index contributed by atoms with van der Waals surface area (Å²) in [6.45, 7) is 3.87. The average Bonchev–Trinajstić information content (AvgIpc) is 2.89. The van der Waals surface area contributed by atoms with E-state index in [-0.39, 0.29) is 17.5 Å². The van der Waals surface area contributed by atoms with Crippen LogP contribution in [-0.4, -0.2) is 0 Å². The monoisotopic (exact) mass is 466 g/mol. The highest BCUT2D eigenvalue weighted by molar-refractivity contribution is 5.93. The SMILES string of the molecule is CCCCc1ccc(C#Cc2ccc(C#Cc3cc(F)c(F)c(F)c3CC)c3ccccc23)cc1. The molecule has 0 aliphatic heterocycles. The van der Waals surface area contributed by atoms with Crippen molar-refractivity contribution < 1.29 is 13.2 Å². The molecule has 3 heteroatoms. The zero-order valence-corrected chi connectivity index (χ0v) is 19.8. The molecule has 0 spiro atoms. The first-order chi connectivity index (χ1) is 17.0. The fraction of sp³-hybridized carbons (Fsp3) is 0.188. The largest absolute Gasteiger partial charge is 0.204 e. The van der Waals surface area contributed by atoms with Crippen molar-refractivity contribution in [2.75, 3.05) is 0 Å². The first-order valence-corrected chi connectivity index (χ1v) is 11.8. The first kappa shape index (κ1) is 24.2. The maximum Gasteiger partial charge on any atom is 0.194 e. The topological polar surface area (TPSA) is 0 Å². The maximum atomic E-state index is 14.2. The minimum Gasteiger partial charge on any atom is -0.204 e. The summed E-state index contributed by atoms with van der Waals surface area (Å²) in [4.78, 5) is 0. The van der Waals surface area contributed by atoms with Crippen LogP contribution in [-0.2, 0) is 12.8 Å². The van der Waals surface area contributed by atoms with Crippen molar-refractivity contribution >= 4 is 10.8 Å². The van der Waals surface area contributed by atoms with Gasteiger partial charge in [0.2, 0.25) is 0 Å². The minimum absolute atomic E-state index is 0.0731. The Morgan fingerprint density at radius 2 is 1.26 bits per heavy atom. The number of fused-ring (bicyclic) bond motifs is 1. The summed E-state index contributed by atoms with van der Waals surface area (Å²) in [5.41, 5.74) is 4.07. The molecule has 0 nitrogen and oxygen atoms in total. The van der Waals surface area contributed by atoms with Crippen LogP contribution in [0.15, 0.2) is 66.7 Å². The molecule has 0 unspecified atom stereocenters. The van der Waals surface area contributed by atoms with Gasteiger partial charge in [0, 0.05) is 27.8 Å². The molecule has 0 bridgehead atoms. The van der Waals surface area contributed by atoms with Crippen molar-refractivity contribution in [1.82, 2.24) is 0 Å². The predicted octanol–water partition coefficient (Wildman–Crippen LogP) is 7.96. The van der Waals surface area contributed by atoms with Crippen molar-refractivity contribution in [2.24, 2.45) is 0 Å². The van der Waals surface area contributed by atoms with Gasteiger partial charge in [0.05, 0.1) is 0 Å². The zero-order chi connectivity index (χ0) is 24.8. The van der Waals surface area contributed by atoms with E-state index in [1.54, 1.807) is 6.92 Å². The van der Waals surface area contributed by atoms with Gasteiger partial charge in [0.25, 0.3) is 0 Å². The van der Waals surface area contributed by atoms with Crippen molar-refractivity contribution in [3.63, 3.8) is 0 Å². The number of halogens is 3. The molecule has 0 atom stereocenters. The van der Waals surface area contributed by atoms with Crippen LogP contribution in [0.1, 0.15) is 60.1 Å². The summed E-state index contributed by atoms with van der Waals surface area (Å²) in [5, 5.41) is 1.83. The molecule has 4 aromatic rings. The third-order valence-electron chi connectivity index (χ3n) is 5.99. The van der Waals surface area contributed by atoms with Gasteiger partial charge in [0.1, 0.15) is 0 Å². The lowest BCUT2D eigenvalue weighted by molar-refractivity contribution is 0.441. The molecular formula is C32H25F3. The standard InChI is InChI=1S/C32H25F3/c1-3-5-8-22-11-13-23(14-12-22)15-16-24-17-18-25(29-10-7-6-9-28(24)29)19-20-26-21-30(33)32(35)31(34)27(26)4-2/h6-7,9-14,17-18,21H,3-5,8H2,1-2H3. The Labute approximate surface area is 204 Å². The van der Waals surface area contributed by atoms with Crippen LogP contribution >= 0.6 is 0 Å². The fourth-order valence-corrected chi connectivity index (χ4v) is 4.02. The molecule has 0 saturated heterocycles. The van der Waals surface area contributed by atoms with E-state index in [2.05, 4.69) is 42.7 Å². The summed E-state index contributed by atoms with van der Waals surface area (Å²) in [7, 11) is 0. The van der Waals surface area contributed by atoms with Crippen molar-refractivity contribution in [2.45, 2.75) is 39.5 Å². The lowest BCUT2D eigenvalue weighted by Gasteiger charge is -2.06. The summed E-state index contributed by atoms with van der Waals surface area (Å²) >= 11 is 0. The molecular weight excluding hydrogens is 441 g/mol. The van der Waals surface area contributed by atoms with Crippen molar-refractivity contribution in [1.29, 1.82) is 0 Å². The van der Waals surface area contributed by atoms with E-state index in [4.69, 9.17) is 0 Å². The number of rotatable bonds is 4. The molecule has 4 rings (SSSR count). The van der Waals surface area contributed by atoms with Crippen LogP contribution in [0.3, 0.4) is 0 Å². The van der Waals surface area contributed by atoms with E-state index >= 15 is 0 Å². The molecule has 0 heterocycles. The molecule has 0 amide bonds. The van der Waals surface area contributed by atoms with Gasteiger partial charge < -0.3 is 0 Å². The van der Waals surface area contributed by atoms with Crippen LogP contribution in [0.2, 0.25) is 0 Å². The lowest BCUT2D eigenvalue weighted by atomic mass is 9.98. The number of hydrogen-bond acceptors (Lipinski definition) is 0. The second kappa shape index (κ2) is 11.0. The summed E-state index contributed by atoms with van der Waals surface area (Å²) < 4.78 is 41.6. The Kier molecular flexibility index (Phi) is 7.59. The van der Waals surface area contributed by atoms with Crippen LogP contribution in [0.25, 0.3) is 10.8 Å². The second-order valence-corrected chi connectivity index (χ2v) is 8.37. The van der Waals surface area contributed by atoms with E-state index < -0.39 is 17.5 Å². The van der Waals surface area contributed by atoms with Gasteiger partial charge in [0.15, 0.2) is 17.5 Å². The lowest BCUT2D eigenvalue weighted by Crippen LogP contribution is -2.01. The second-order valence-electron chi connectivity index (χ2n) is 8.37. The fourth-order valence-electron chi connectivity index (χ4n) is 4.02. The zero-order valence-electron chi connectivity index (χ0n) is 19.8. The van der Waals surface area contributed by atoms with Gasteiger partial charge in [-0.25, -0.2) is 13.2 Å². The first-order valence-electron chi connectivity index (χ1n) is 11.8. The summed E-state index contributed by atoms with van der Waals surface area (Å²) in [6, 6.07) is 20.8. The van der Waals surface area contributed by atoms with Gasteiger partial charge in [-0.2, -0.15) is 0 Å². The highest BCUT2D eigenvalue weighted by Gasteiger charge is 2.16. The molecule has 0 radical (unpaired) electrons. The third kappa shape index (κ3) is 5.42. The van der Waals surface area contributed by atoms with Gasteiger partial charge >= 0.3 is 0 Å². The smallest absolute Gasteiger partial charge is 0.194 e. The van der Waals surface area contributed by atoms with Crippen LogP contribution in [0.4, 0.5) is 13.2 Å². The summed E-state index contributed by atoms with van der Waals surface area (Å²) in [5.74, 6) is 8.50. The number of aryl methyl sites for hydroxylation is 1. The van der Waals surface area contributed by atoms with E-state index in [1.165, 1.54) is 18.4 Å². The van der Waals surface area contributed by atoms with E-state index in [0.29, 0.717) is 5.56 Å². The van der Waals surface area contributed by atoms with Crippen LogP contribution < -0.4 is 0 Å². The Balaban J connectivity index is 1.69. The molecule has 0 aromatic heterocycles. The highest BCUT2D eigenvalue weighted by atomic mass is 19.2. The Morgan fingerprint density at radius 3 is 1.86 bits per heavy atom. The molecule has 0 saturated carbocycles. The number of unbranched alkanes of at least 4 members (excludes halogenated alkanes) is 1. The van der Waals surface area contributed by atoms with Crippen molar-refractivity contribution in [3.8, 4) is 23.7 Å². The van der Waals surface area contributed by atoms with E-state index in [9.17, 15) is 13.2 Å². The third-order valence-corrected chi connectivity index (χ3v) is 5.99. The molecule has 0 fully saturated rings. The highest BCUT2D eigenvalue weighted by Crippen LogP contribution is 2.24. The molecule has 0 aliphatic carbocycles. The minimum atomic E-state index is -1.46. The van der Waals surface area contributed by atoms with Gasteiger partial charge in [-0.1, -0.05) is 80.3 Å². The average molecular weight is 467 g/mol. The molecule has 0 aliphatic rings. The van der Waals surface area contributed by atoms with Crippen LogP contribution in [0.5, 0.6) is 0 Å². The van der Waals surface area contributed by atoms with Gasteiger partial charge in [-0.05, 0) is 65.9 Å². The van der Waals surface area contributed by atoms with E-state index in [0.717, 1.165) is 34.4 Å². The Morgan fingerprint density at radius 1 is 0.657 bits per heavy atom. The van der Waals surface area contributed by atoms with E-state index in [1.807, 2.05) is 48.5 Å². The maximum absolute atomic E-state index is 14.2. The van der Waals surface area contributed by atoms with Crippen LogP contribution in [0, 0.1) is 41.1 Å². The summed E-state index contributed by atoms with van der Waals surface area (Å²) in [6.07, 6.45) is 3.64. The molecule has 174 valence electrons. The molecule has 4 aromatic carbocycles. The number of hydrogen-bond donors (Lipinski definition) is 0. The van der Waals surface area contributed by atoms with Gasteiger partial charge in [-0.15, -0.1) is 0 Å². The Bertz CT molecular complexity index is 1490. The molecule has 35 heavy (non-hydrogen) atoms. The Hall–Kier alpha value is -3.95. The molecule has 0 N–H and O–H groups in total. The predicted molar refractivity (Wildman–Crippen MR) is 137 cm³/mol. The quantitative estimate of drug-likeness (QED) is 0.211. The number of benzene rings is 4. The normalized spacial score (nSPS) is 10.4. The van der Waals surface area contributed by atoms with Crippen molar-refractivity contribution in [3.05, 3.63) is 118 Å². The van der Waals surface area contributed by atoms with Gasteiger partial charge in [-0.3, -0.25) is 0 Å².